The van der Waals surface area contributed by atoms with E-state index < -0.39 is 0 Å². The Bertz CT molecular complexity index is 1360. The fourth-order valence-corrected chi connectivity index (χ4v) is 14.8. The molecule has 1 aliphatic heterocycles. The second-order valence-corrected chi connectivity index (χ2v) is 21.9. The summed E-state index contributed by atoms with van der Waals surface area (Å²) in [6.45, 7) is 18.9. The molecule has 0 N–H and O–H groups in total. The van der Waals surface area contributed by atoms with Crippen molar-refractivity contribution in [3.63, 3.8) is 0 Å². The van der Waals surface area contributed by atoms with E-state index in [-0.39, 0.29) is 23.1 Å². The molecule has 286 valence electrons. The van der Waals surface area contributed by atoms with Crippen molar-refractivity contribution in [1.82, 2.24) is 0 Å². The van der Waals surface area contributed by atoms with E-state index in [1.807, 2.05) is 30.3 Å². The summed E-state index contributed by atoms with van der Waals surface area (Å²) in [6.07, 6.45) is 28.1. The van der Waals surface area contributed by atoms with Crippen molar-refractivity contribution in [2.45, 2.75) is 155 Å². The Morgan fingerprint density at radius 1 is 0.558 bits per heavy atom. The van der Waals surface area contributed by atoms with Gasteiger partial charge in [0.2, 0.25) is 0 Å². The van der Waals surface area contributed by atoms with E-state index in [0.717, 1.165) is 5.56 Å². The van der Waals surface area contributed by atoms with Gasteiger partial charge in [-0.25, -0.2) is 0 Å². The zero-order valence-corrected chi connectivity index (χ0v) is 37.2. The first-order valence-electron chi connectivity index (χ1n) is 20.0. The van der Waals surface area contributed by atoms with Crippen LogP contribution in [0.25, 0.3) is 0 Å². The van der Waals surface area contributed by atoms with Crippen molar-refractivity contribution in [1.29, 1.82) is 0 Å². The van der Waals surface area contributed by atoms with Crippen LogP contribution in [0.3, 0.4) is 0 Å². The van der Waals surface area contributed by atoms with Crippen molar-refractivity contribution in [2.75, 3.05) is 9.80 Å². The van der Waals surface area contributed by atoms with Gasteiger partial charge in [0.25, 0.3) is 0 Å². The summed E-state index contributed by atoms with van der Waals surface area (Å²) < 4.78 is 0. The zero-order valence-electron chi connectivity index (χ0n) is 33.0. The molecule has 4 aliphatic rings. The third-order valence-electron chi connectivity index (χ3n) is 11.5. The Morgan fingerprint density at radius 2 is 0.865 bits per heavy atom. The molecule has 1 heterocycles. The molecule has 6 heteroatoms. The molecule has 0 amide bonds. The Kier molecular flexibility index (Phi) is 18.9. The molecule has 0 aromatic heterocycles. The Labute approximate surface area is 336 Å². The summed E-state index contributed by atoms with van der Waals surface area (Å²) in [6, 6.07) is 18.9. The molecular formula is C46H66Cl2N2PRu+. The van der Waals surface area contributed by atoms with E-state index in [1.54, 1.807) is 96.3 Å². The van der Waals surface area contributed by atoms with Gasteiger partial charge in [0.1, 0.15) is 0 Å². The molecule has 0 saturated heterocycles. The third kappa shape index (κ3) is 13.1. The summed E-state index contributed by atoms with van der Waals surface area (Å²) in [4.78, 5) is 4.45. The van der Waals surface area contributed by atoms with E-state index in [1.165, 1.54) is 61.7 Å². The average Bonchev–Trinajstić information content (AvgIpc) is 3.59. The van der Waals surface area contributed by atoms with Crippen molar-refractivity contribution in [3.05, 3.63) is 120 Å². The van der Waals surface area contributed by atoms with E-state index in [2.05, 4.69) is 102 Å². The van der Waals surface area contributed by atoms with E-state index in [0.29, 0.717) is 0 Å². The van der Waals surface area contributed by atoms with Crippen LogP contribution in [0, 0.1) is 55.1 Å². The average molecular weight is 850 g/mol. The van der Waals surface area contributed by atoms with Crippen LogP contribution in [0.15, 0.2) is 67.0 Å². The number of hydrogen-bond acceptors (Lipinski definition) is 2. The number of benzene rings is 3. The number of hydrogen-bond donors (Lipinski definition) is 0. The summed E-state index contributed by atoms with van der Waals surface area (Å²) in [5, 5.41) is 0. The van der Waals surface area contributed by atoms with Crippen LogP contribution in [0.5, 0.6) is 0 Å². The Morgan fingerprint density at radius 3 is 1.13 bits per heavy atom. The predicted molar refractivity (Wildman–Crippen MR) is 231 cm³/mol. The Balaban J connectivity index is 0.000000186. The van der Waals surface area contributed by atoms with Crippen LogP contribution < -0.4 is 9.80 Å². The summed E-state index contributed by atoms with van der Waals surface area (Å²) >= 11 is -0.346. The molecule has 0 atom stereocenters. The quantitative estimate of drug-likeness (QED) is 0.143. The number of rotatable bonds is 5. The minimum atomic E-state index is -0.346. The van der Waals surface area contributed by atoms with Crippen LogP contribution in [-0.4, -0.2) is 17.0 Å². The summed E-state index contributed by atoms with van der Waals surface area (Å²) in [5.74, 6) is 0. The predicted octanol–water partition coefficient (Wildman–Crippen LogP) is 14.9. The molecule has 2 nitrogen and oxygen atoms in total. The van der Waals surface area contributed by atoms with Crippen LogP contribution >= 0.6 is 27.3 Å². The number of anilines is 2. The first-order chi connectivity index (χ1) is 25.1. The molecular weight excluding hydrogens is 783 g/mol. The number of halogens is 2. The zero-order chi connectivity index (χ0) is 37.5. The summed E-state index contributed by atoms with van der Waals surface area (Å²) in [7, 11) is 9.66. The molecule has 3 fully saturated rings. The van der Waals surface area contributed by atoms with E-state index in [9.17, 15) is 0 Å². The van der Waals surface area contributed by atoms with Crippen molar-refractivity contribution < 1.29 is 15.1 Å². The maximum atomic E-state index is 4.85. The third-order valence-corrected chi connectivity index (χ3v) is 16.1. The normalized spacial score (nSPS) is 18.2. The second-order valence-electron chi connectivity index (χ2n) is 15.8. The van der Waals surface area contributed by atoms with Gasteiger partial charge in [-0.3, -0.25) is 0 Å². The molecule has 3 aliphatic carbocycles. The molecule has 3 aromatic rings. The standard InChI is InChI=1S/C21H25N2.C18H33P.C7H7.2ClH.Ru/c1-14-9-16(3)20(17(4)10-14)22-7-8-23(13-22)21-18(5)11-15(2)12-19(21)6;1-4-10-16(11-5-1)19(17-12-6-2-7-13-17)18-14-8-3-9-15-18;1-7-5-3-2-4-6-7;;;/h7-13H,1-6H3;16-18H,1-15H2;2-6H,1H2;2*1H;/q-1;;-1;;;+4/p-1. The van der Waals surface area contributed by atoms with Crippen LogP contribution in [0.4, 0.5) is 11.4 Å². The van der Waals surface area contributed by atoms with Gasteiger partial charge in [-0.15, -0.1) is 18.8 Å². The van der Waals surface area contributed by atoms with Crippen molar-refractivity contribution in [3.8, 4) is 0 Å². The van der Waals surface area contributed by atoms with Gasteiger partial charge < -0.3 is 9.80 Å². The molecule has 0 unspecified atom stereocenters. The van der Waals surface area contributed by atoms with Crippen molar-refractivity contribution >= 4 is 38.7 Å². The van der Waals surface area contributed by atoms with Gasteiger partial charge >= 0.3 is 34.5 Å². The first-order valence-corrected chi connectivity index (χ1v) is 26.2. The number of aryl methyl sites for hydroxylation is 6. The molecule has 0 spiro atoms. The summed E-state index contributed by atoms with van der Waals surface area (Å²) in [5.41, 5.74) is 15.2. The molecule has 3 aromatic carbocycles. The van der Waals surface area contributed by atoms with Crippen LogP contribution in [0.1, 0.15) is 135 Å². The van der Waals surface area contributed by atoms with Gasteiger partial charge in [-0.2, -0.15) is 24.6 Å². The van der Waals surface area contributed by atoms with Crippen LogP contribution in [0.2, 0.25) is 0 Å². The maximum absolute atomic E-state index is 4.85. The first kappa shape index (κ1) is 43.2. The fourth-order valence-electron chi connectivity index (χ4n) is 9.56. The number of nitrogens with zero attached hydrogens (tertiary/aromatic N) is 2. The fraction of sp³-hybridized carbons (Fsp3) is 0.522. The second kappa shape index (κ2) is 22.8. The van der Waals surface area contributed by atoms with Gasteiger partial charge in [0.05, 0.1) is 17.0 Å². The van der Waals surface area contributed by atoms with E-state index >= 15 is 0 Å². The van der Waals surface area contributed by atoms with Gasteiger partial charge in [0.15, 0.2) is 0 Å². The van der Waals surface area contributed by atoms with Gasteiger partial charge in [-0.05, 0) is 153 Å². The molecule has 52 heavy (non-hydrogen) atoms. The monoisotopic (exact) mass is 849 g/mol. The molecule has 3 saturated carbocycles. The van der Waals surface area contributed by atoms with Gasteiger partial charge in [0, 0.05) is 19.3 Å². The Hall–Kier alpha value is -1.50. The molecule has 0 radical (unpaired) electrons. The molecule has 0 bridgehead atoms. The van der Waals surface area contributed by atoms with Gasteiger partial charge in [-0.1, -0.05) is 60.7 Å². The topological polar surface area (TPSA) is 6.48 Å². The van der Waals surface area contributed by atoms with Crippen molar-refractivity contribution in [2.24, 2.45) is 0 Å². The van der Waals surface area contributed by atoms with Crippen LogP contribution in [-0.2, 0) is 15.1 Å². The van der Waals surface area contributed by atoms with E-state index in [4.69, 9.17) is 19.4 Å². The minimum absolute atomic E-state index is 0.0465. The molecule has 7 rings (SSSR count). The SMILES string of the molecule is C1CCC([PH+](C2CCCCC2)C2CCCCC2)CC1.Cc1cc(C)c(N2C=CN(c3c(C)cc(C)cc3C)[CH-]2)c(C)c1.[CH2-]c1ccccc1.[Cl][Ru+2][Cl].